The average Bonchev–Trinajstić information content (AvgIpc) is 2.72. The molecule has 5 nitrogen and oxygen atoms in total. The molecular weight excluding hydrogens is 204 g/mol. The number of nitrogens with two attached hydrogens (primary N) is 1. The maximum absolute atomic E-state index is 5.53. The molecule has 86 valence electrons. The van der Waals surface area contributed by atoms with Gasteiger partial charge in [-0.3, -0.25) is 0 Å². The van der Waals surface area contributed by atoms with Crippen molar-refractivity contribution < 1.29 is 4.42 Å². The quantitative estimate of drug-likeness (QED) is 0.846. The van der Waals surface area contributed by atoms with E-state index in [-0.39, 0.29) is 0 Å². The molecule has 0 radical (unpaired) electrons. The molecule has 2 rings (SSSR count). The van der Waals surface area contributed by atoms with Crippen LogP contribution in [-0.4, -0.2) is 14.8 Å². The normalized spacial score (nSPS) is 11.0. The van der Waals surface area contributed by atoms with Gasteiger partial charge in [-0.15, -0.1) is 0 Å². The topological polar surface area (TPSA) is 69.9 Å². The standard InChI is InChI=1S/C11H16N4O/c1-7-10(4-11(5-12)16-7)6-15-9(3)13-8(2)14-15/h4H,5-6,12H2,1-3H3. The summed E-state index contributed by atoms with van der Waals surface area (Å²) < 4.78 is 7.36. The lowest BCUT2D eigenvalue weighted by Crippen LogP contribution is -2.04. The SMILES string of the molecule is Cc1nc(C)n(Cc2cc(CN)oc2C)n1. The third kappa shape index (κ3) is 1.99. The van der Waals surface area contributed by atoms with Crippen molar-refractivity contribution in [3.63, 3.8) is 0 Å². The molecule has 16 heavy (non-hydrogen) atoms. The predicted molar refractivity (Wildman–Crippen MR) is 59.9 cm³/mol. The van der Waals surface area contributed by atoms with Gasteiger partial charge in [0.15, 0.2) is 0 Å². The Morgan fingerprint density at radius 1 is 1.38 bits per heavy atom. The summed E-state index contributed by atoms with van der Waals surface area (Å²) in [5.41, 5.74) is 6.64. The summed E-state index contributed by atoms with van der Waals surface area (Å²) in [5.74, 6) is 3.40. The molecule has 0 atom stereocenters. The van der Waals surface area contributed by atoms with E-state index in [1.54, 1.807) is 0 Å². The van der Waals surface area contributed by atoms with Crippen LogP contribution in [0.2, 0.25) is 0 Å². The number of furan rings is 1. The zero-order chi connectivity index (χ0) is 11.7. The molecule has 0 unspecified atom stereocenters. The van der Waals surface area contributed by atoms with Gasteiger partial charge < -0.3 is 10.2 Å². The summed E-state index contributed by atoms with van der Waals surface area (Å²) in [6.07, 6.45) is 0. The fraction of sp³-hybridized carbons (Fsp3) is 0.455. The van der Waals surface area contributed by atoms with Gasteiger partial charge >= 0.3 is 0 Å². The molecule has 5 heteroatoms. The lowest BCUT2D eigenvalue weighted by atomic mass is 10.2. The van der Waals surface area contributed by atoms with Gasteiger partial charge in [0.2, 0.25) is 0 Å². The molecule has 0 fully saturated rings. The van der Waals surface area contributed by atoms with Crippen molar-refractivity contribution in [1.82, 2.24) is 14.8 Å². The first-order valence-electron chi connectivity index (χ1n) is 5.26. The van der Waals surface area contributed by atoms with E-state index in [1.807, 2.05) is 31.5 Å². The van der Waals surface area contributed by atoms with E-state index in [2.05, 4.69) is 10.1 Å². The summed E-state index contributed by atoms with van der Waals surface area (Å²) in [7, 11) is 0. The Hall–Kier alpha value is -1.62. The summed E-state index contributed by atoms with van der Waals surface area (Å²) in [6.45, 7) is 6.88. The zero-order valence-electron chi connectivity index (χ0n) is 9.82. The number of nitrogens with zero attached hydrogens (tertiary/aromatic N) is 3. The van der Waals surface area contributed by atoms with Crippen LogP contribution in [-0.2, 0) is 13.1 Å². The highest BCUT2D eigenvalue weighted by molar-refractivity contribution is 5.21. The van der Waals surface area contributed by atoms with Gasteiger partial charge in [0, 0.05) is 5.56 Å². The molecule has 0 aromatic carbocycles. The Bertz CT molecular complexity index is 498. The van der Waals surface area contributed by atoms with Crippen molar-refractivity contribution in [3.8, 4) is 0 Å². The minimum Gasteiger partial charge on any atom is -0.465 e. The van der Waals surface area contributed by atoms with Crippen LogP contribution >= 0.6 is 0 Å². The molecule has 0 spiro atoms. The monoisotopic (exact) mass is 220 g/mol. The molecule has 0 bridgehead atoms. The van der Waals surface area contributed by atoms with Crippen molar-refractivity contribution in [2.45, 2.75) is 33.9 Å². The van der Waals surface area contributed by atoms with Crippen LogP contribution in [0, 0.1) is 20.8 Å². The molecular formula is C11H16N4O. The van der Waals surface area contributed by atoms with Crippen LogP contribution in [0.5, 0.6) is 0 Å². The summed E-state index contributed by atoms with van der Waals surface area (Å²) in [4.78, 5) is 4.26. The molecule has 0 aliphatic heterocycles. The number of rotatable bonds is 3. The van der Waals surface area contributed by atoms with Gasteiger partial charge in [0.25, 0.3) is 0 Å². The highest BCUT2D eigenvalue weighted by Gasteiger charge is 2.09. The first-order chi connectivity index (χ1) is 7.60. The Kier molecular flexibility index (Phi) is 2.78. The average molecular weight is 220 g/mol. The van der Waals surface area contributed by atoms with Crippen LogP contribution in [0.1, 0.15) is 28.7 Å². The van der Waals surface area contributed by atoms with E-state index >= 15 is 0 Å². The second-order valence-corrected chi connectivity index (χ2v) is 3.86. The highest BCUT2D eigenvalue weighted by Crippen LogP contribution is 2.15. The lowest BCUT2D eigenvalue weighted by molar-refractivity contribution is 0.480. The van der Waals surface area contributed by atoms with Gasteiger partial charge in [-0.25, -0.2) is 9.67 Å². The zero-order valence-corrected chi connectivity index (χ0v) is 9.82. The van der Waals surface area contributed by atoms with E-state index in [1.165, 1.54) is 0 Å². The summed E-state index contributed by atoms with van der Waals surface area (Å²) >= 11 is 0. The molecule has 2 aromatic heterocycles. The van der Waals surface area contributed by atoms with Crippen molar-refractivity contribution in [1.29, 1.82) is 0 Å². The maximum Gasteiger partial charge on any atom is 0.147 e. The Morgan fingerprint density at radius 3 is 2.62 bits per heavy atom. The number of hydrogen-bond acceptors (Lipinski definition) is 4. The van der Waals surface area contributed by atoms with Crippen molar-refractivity contribution in [3.05, 3.63) is 34.8 Å². The third-order valence-electron chi connectivity index (χ3n) is 2.56. The first-order valence-corrected chi connectivity index (χ1v) is 5.26. The van der Waals surface area contributed by atoms with Gasteiger partial charge in [0.1, 0.15) is 23.2 Å². The fourth-order valence-electron chi connectivity index (χ4n) is 1.72. The molecule has 2 N–H and O–H groups in total. The van der Waals surface area contributed by atoms with Gasteiger partial charge in [-0.2, -0.15) is 5.10 Å². The number of aromatic nitrogens is 3. The Morgan fingerprint density at radius 2 is 2.12 bits per heavy atom. The highest BCUT2D eigenvalue weighted by atomic mass is 16.3. The minimum absolute atomic E-state index is 0.427. The van der Waals surface area contributed by atoms with Crippen LogP contribution < -0.4 is 5.73 Å². The third-order valence-corrected chi connectivity index (χ3v) is 2.56. The summed E-state index contributed by atoms with van der Waals surface area (Å²) in [6, 6.07) is 1.98. The van der Waals surface area contributed by atoms with Crippen molar-refractivity contribution in [2.75, 3.05) is 0 Å². The molecule has 0 saturated heterocycles. The van der Waals surface area contributed by atoms with Crippen molar-refractivity contribution >= 4 is 0 Å². The van der Waals surface area contributed by atoms with Gasteiger partial charge in [0.05, 0.1) is 13.1 Å². The lowest BCUT2D eigenvalue weighted by Gasteiger charge is -2.00. The molecule has 2 heterocycles. The van der Waals surface area contributed by atoms with Crippen molar-refractivity contribution in [2.24, 2.45) is 5.73 Å². The van der Waals surface area contributed by atoms with E-state index in [0.29, 0.717) is 13.1 Å². The molecule has 0 amide bonds. The van der Waals surface area contributed by atoms with Crippen LogP contribution in [0.3, 0.4) is 0 Å². The molecule has 2 aromatic rings. The maximum atomic E-state index is 5.53. The molecule has 0 saturated carbocycles. The fourth-order valence-corrected chi connectivity index (χ4v) is 1.72. The smallest absolute Gasteiger partial charge is 0.147 e. The Balaban J connectivity index is 2.26. The van der Waals surface area contributed by atoms with Gasteiger partial charge in [-0.05, 0) is 26.8 Å². The van der Waals surface area contributed by atoms with Crippen LogP contribution in [0.4, 0.5) is 0 Å². The van der Waals surface area contributed by atoms with E-state index in [0.717, 1.165) is 28.7 Å². The molecule has 0 aliphatic carbocycles. The largest absolute Gasteiger partial charge is 0.465 e. The van der Waals surface area contributed by atoms with Crippen LogP contribution in [0.25, 0.3) is 0 Å². The second kappa shape index (κ2) is 4.09. The molecule has 0 aliphatic rings. The Labute approximate surface area is 94.3 Å². The van der Waals surface area contributed by atoms with E-state index < -0.39 is 0 Å². The first kappa shape index (κ1) is 10.9. The predicted octanol–water partition coefficient (Wildman–Crippen LogP) is 1.30. The summed E-state index contributed by atoms with van der Waals surface area (Å²) in [5, 5.41) is 4.31. The number of aryl methyl sites for hydroxylation is 3. The number of hydrogen-bond donors (Lipinski definition) is 1. The van der Waals surface area contributed by atoms with E-state index in [9.17, 15) is 0 Å². The second-order valence-electron chi connectivity index (χ2n) is 3.86. The minimum atomic E-state index is 0.427. The van der Waals surface area contributed by atoms with Gasteiger partial charge in [-0.1, -0.05) is 0 Å². The van der Waals surface area contributed by atoms with Crippen LogP contribution in [0.15, 0.2) is 10.5 Å². The van der Waals surface area contributed by atoms with E-state index in [4.69, 9.17) is 10.2 Å².